The summed E-state index contributed by atoms with van der Waals surface area (Å²) in [6.45, 7) is 3.33. The largest absolute Gasteiger partial charge is 0.478 e. The lowest BCUT2D eigenvalue weighted by molar-refractivity contribution is 0.0687. The smallest absolute Gasteiger partial charge is 0.337 e. The molecule has 1 aliphatic rings. The van der Waals surface area contributed by atoms with Gasteiger partial charge >= 0.3 is 23.9 Å². The summed E-state index contributed by atoms with van der Waals surface area (Å²) in [7, 11) is -16.2. The average Bonchev–Trinajstić information content (AvgIpc) is 1.71. The van der Waals surface area contributed by atoms with Crippen molar-refractivity contribution >= 4 is 125 Å². The normalized spacial score (nSPS) is 11.6. The topological polar surface area (TPSA) is 411 Å². The van der Waals surface area contributed by atoms with Crippen LogP contribution in [0.4, 0.5) is 22.7 Å². The Morgan fingerprint density at radius 3 is 1.18 bits per heavy atom. The van der Waals surface area contributed by atoms with Gasteiger partial charge in [-0.25, -0.2) is 62.8 Å². The number of anilines is 4. The van der Waals surface area contributed by atoms with Gasteiger partial charge in [0.2, 0.25) is 0 Å². The zero-order valence-electron chi connectivity index (χ0n) is 61.4. The summed E-state index contributed by atoms with van der Waals surface area (Å²) in [5.74, 6) is -4.90. The Bertz CT molecular complexity index is 6850. The maximum absolute atomic E-state index is 13.2. The van der Waals surface area contributed by atoms with Crippen molar-refractivity contribution in [1.29, 1.82) is 0 Å². The predicted molar refractivity (Wildman–Crippen MR) is 446 cm³/mol. The Hall–Kier alpha value is -14.4. The van der Waals surface area contributed by atoms with E-state index in [1.807, 2.05) is 169 Å². The third-order valence-electron chi connectivity index (χ3n) is 18.0. The number of rotatable bonds is 21. The Morgan fingerprint density at radius 1 is 0.385 bits per heavy atom. The van der Waals surface area contributed by atoms with E-state index in [0.717, 1.165) is 50.1 Å². The summed E-state index contributed by atoms with van der Waals surface area (Å²) >= 11 is 1.41. The minimum atomic E-state index is -4.18. The van der Waals surface area contributed by atoms with Gasteiger partial charge in [0, 0.05) is 29.5 Å². The Balaban J connectivity index is 0.000000136. The molecule has 6 aromatic heterocycles. The molecule has 6 heterocycles. The first-order valence-electron chi connectivity index (χ1n) is 35.1. The van der Waals surface area contributed by atoms with Crippen molar-refractivity contribution in [2.75, 3.05) is 18.9 Å². The van der Waals surface area contributed by atoms with Crippen molar-refractivity contribution in [3.05, 3.63) is 336 Å². The van der Waals surface area contributed by atoms with E-state index in [-0.39, 0.29) is 70.3 Å². The minimum absolute atomic E-state index is 0.000677. The van der Waals surface area contributed by atoms with Crippen LogP contribution in [0.25, 0.3) is 83.2 Å². The highest BCUT2D eigenvalue weighted by atomic mass is 32.2. The number of sulfonamides is 4. The quantitative estimate of drug-likeness (QED) is 0.0331. The molecule has 0 saturated carbocycles. The molecule has 26 nitrogen and oxygen atoms in total. The second-order valence-corrected chi connectivity index (χ2v) is 33.6. The van der Waals surface area contributed by atoms with Gasteiger partial charge in [-0.15, -0.1) is 11.3 Å². The van der Waals surface area contributed by atoms with Crippen molar-refractivity contribution in [2.24, 2.45) is 0 Å². The summed E-state index contributed by atoms with van der Waals surface area (Å²) < 4.78 is 119. The summed E-state index contributed by atoms with van der Waals surface area (Å²) in [5.41, 5.74) is 9.54. The molecule has 9 aromatic carbocycles. The van der Waals surface area contributed by atoms with Gasteiger partial charge in [-0.1, -0.05) is 187 Å². The molecule has 0 bridgehead atoms. The van der Waals surface area contributed by atoms with Crippen LogP contribution in [-0.2, 0) is 46.5 Å². The Kier molecular flexibility index (Phi) is 23.8. The van der Waals surface area contributed by atoms with E-state index >= 15 is 0 Å². The van der Waals surface area contributed by atoms with Gasteiger partial charge in [-0.2, -0.15) is 0 Å². The van der Waals surface area contributed by atoms with Crippen molar-refractivity contribution in [2.45, 2.75) is 39.9 Å². The monoisotopic (exact) mass is 1660 g/mol. The van der Waals surface area contributed by atoms with Gasteiger partial charge in [0.05, 0.1) is 68.0 Å². The number of fused-ring (bicyclic) bond motifs is 3. The number of carbonyl (C=O) groups is 4. The molecule has 16 rings (SSSR count). The number of pyridine rings is 4. The lowest BCUT2D eigenvalue weighted by Crippen LogP contribution is -2.17. The first kappa shape index (κ1) is 80.7. The first-order chi connectivity index (χ1) is 56.1. The van der Waals surface area contributed by atoms with E-state index in [9.17, 15) is 73.3 Å². The molecule has 586 valence electrons. The van der Waals surface area contributed by atoms with Crippen LogP contribution in [-0.4, -0.2) is 103 Å². The molecule has 0 fully saturated rings. The van der Waals surface area contributed by atoms with Crippen LogP contribution in [0, 0.1) is 13.8 Å². The van der Waals surface area contributed by atoms with Crippen molar-refractivity contribution in [1.82, 2.24) is 25.1 Å². The van der Waals surface area contributed by atoms with Crippen molar-refractivity contribution in [3.63, 3.8) is 0 Å². The molecule has 15 aromatic rings. The van der Waals surface area contributed by atoms with Gasteiger partial charge in [-0.05, 0) is 166 Å². The third kappa shape index (κ3) is 19.0. The van der Waals surface area contributed by atoms with Crippen LogP contribution in [0.1, 0.15) is 63.9 Å². The maximum Gasteiger partial charge on any atom is 0.337 e. The number of aromatic nitrogens is 5. The van der Waals surface area contributed by atoms with Crippen molar-refractivity contribution in [3.8, 4) is 55.8 Å². The predicted octanol–water partition coefficient (Wildman–Crippen LogP) is 17.2. The third-order valence-corrected chi connectivity index (χ3v) is 24.3. The molecule has 0 radical (unpaired) electrons. The fourth-order valence-electron chi connectivity index (χ4n) is 12.2. The van der Waals surface area contributed by atoms with Gasteiger partial charge in [0.25, 0.3) is 45.8 Å². The van der Waals surface area contributed by atoms with E-state index < -0.39 is 64.0 Å². The molecule has 31 heteroatoms. The van der Waals surface area contributed by atoms with E-state index in [4.69, 9.17) is 4.52 Å². The first-order valence-corrected chi connectivity index (χ1v) is 41.9. The molecule has 0 aliphatic heterocycles. The molecule has 1 aliphatic carbocycles. The fraction of sp³-hybridized carbons (Fsp3) is 0.0349. The van der Waals surface area contributed by atoms with E-state index in [1.54, 1.807) is 56.4 Å². The molecule has 8 N–H and O–H groups in total. The van der Waals surface area contributed by atoms with Gasteiger partial charge < -0.3 is 24.9 Å². The zero-order valence-corrected chi connectivity index (χ0v) is 65.5. The average molecular weight is 1660 g/mol. The number of aromatic carboxylic acids is 4. The number of hydrogen-bond acceptors (Lipinski definition) is 19. The summed E-state index contributed by atoms with van der Waals surface area (Å²) in [6.07, 6.45) is 9.63. The van der Waals surface area contributed by atoms with Crippen LogP contribution < -0.4 is 18.9 Å². The molecular weight excluding hydrogens is 1590 g/mol. The van der Waals surface area contributed by atoms with E-state index in [1.165, 1.54) is 90.5 Å². The number of nitrogens with zero attached hydrogens (tertiary/aromatic N) is 5. The number of allylic oxidation sites excluding steroid dienone is 1. The highest BCUT2D eigenvalue weighted by molar-refractivity contribution is 7.93. The van der Waals surface area contributed by atoms with E-state index in [2.05, 4.69) is 44.0 Å². The molecule has 0 unspecified atom stereocenters. The highest BCUT2D eigenvalue weighted by Crippen LogP contribution is 2.36. The van der Waals surface area contributed by atoms with Crippen molar-refractivity contribution < 1.29 is 77.8 Å². The van der Waals surface area contributed by atoms with Crippen LogP contribution in [0.2, 0.25) is 0 Å². The SMILES string of the molecule is Cc1cnc(C)c(S(=O)(=O)Nc2cc(-c3ccccc3)ccc2C(=O)O)c1.O=C(O)c1ccc(-c2ccccc2)cc1NS(=O)(=O)c1cnc2c(c1)CC=C2.O=C(O)c1ccc(-c2ccccc2)cc1NS(=O)(=O)c1cnc2onc(-c3ccccc3)c2c1.O=C(O)c1ccc(-c2ccccc2)cc1NS(=O)(=O)c1cnc2sccc2c1. The summed E-state index contributed by atoms with van der Waals surface area (Å²) in [6, 6.07) is 72.3. The van der Waals surface area contributed by atoms with Gasteiger partial charge in [-0.3, -0.25) is 28.9 Å². The minimum Gasteiger partial charge on any atom is -0.478 e. The lowest BCUT2D eigenvalue weighted by atomic mass is 10.0. The number of thiophene rings is 1. The van der Waals surface area contributed by atoms with E-state index in [0.29, 0.717) is 56.4 Å². The highest BCUT2D eigenvalue weighted by Gasteiger charge is 2.27. The van der Waals surface area contributed by atoms with Gasteiger partial charge in [0.1, 0.15) is 30.1 Å². The lowest BCUT2D eigenvalue weighted by Gasteiger charge is -2.14. The molecule has 0 saturated heterocycles. The number of carboxylic acid groups (broad SMARTS) is 4. The second-order valence-electron chi connectivity index (χ2n) is 26.0. The number of nitrogens with one attached hydrogen (secondary N) is 4. The van der Waals surface area contributed by atoms with Gasteiger partial charge in [0.15, 0.2) is 0 Å². The number of hydrogen-bond donors (Lipinski definition) is 8. The van der Waals surface area contributed by atoms with Crippen LogP contribution in [0.15, 0.2) is 315 Å². The van der Waals surface area contributed by atoms with Crippen LogP contribution in [0.3, 0.4) is 0 Å². The molecule has 0 amide bonds. The number of carboxylic acids is 4. The number of aryl methyl sites for hydroxylation is 2. The maximum atomic E-state index is 13.2. The zero-order chi connectivity index (χ0) is 82.8. The summed E-state index contributed by atoms with van der Waals surface area (Å²) in [4.78, 5) is 63.6. The van der Waals surface area contributed by atoms with Crippen LogP contribution >= 0.6 is 11.3 Å². The Morgan fingerprint density at radius 2 is 0.761 bits per heavy atom. The second kappa shape index (κ2) is 34.5. The fourth-order valence-corrected chi connectivity index (χ4v) is 17.4. The molecule has 0 atom stereocenters. The molecular formula is C86H65N9O17S5. The Labute approximate surface area is 674 Å². The molecule has 117 heavy (non-hydrogen) atoms. The standard InChI is InChI=1S/C25H17N3O5S.C21H16N2O4S.C20H14N2O4S2.C20H18N2O4S/c29-25(30)20-12-11-18(16-7-3-1-4-8-16)13-22(20)28-34(31,32)19-14-21-23(17-9-5-2-6-10-17)27-33-24(21)26-15-19;24-21(25)18-10-9-15(14-5-2-1-3-6-14)12-20(18)23-28(26,27)17-11-16-7-4-8-19(16)22-13-17;23-20(24)17-7-6-14(13-4-2-1-3-5-13)11-18(17)22-28(25,26)16-10-15-8-9-27-19(15)21-12-16;1-13-10-19(14(2)21-12-13)27(25,26)22-18-11-16(8-9-17(18)20(23)24)15-6-4-3-5-7-15/h1-15,28H,(H,29,30);1-6,8-13,23H,7H2,(H,24,25);1-12,22H,(H,23,24);3-12,22H,1-2H3,(H,23,24). The van der Waals surface area contributed by atoms with Crippen LogP contribution in [0.5, 0.6) is 0 Å². The number of benzene rings is 9. The molecule has 0 spiro atoms. The summed E-state index contributed by atoms with van der Waals surface area (Å²) in [5, 5.41) is 45.0.